The third kappa shape index (κ3) is 5.36. The van der Waals surface area contributed by atoms with Crippen LogP contribution in [0.2, 0.25) is 0 Å². The first kappa shape index (κ1) is 20.6. The van der Waals surface area contributed by atoms with Crippen LogP contribution in [0.4, 0.5) is 14.5 Å². The van der Waals surface area contributed by atoms with E-state index in [4.69, 9.17) is 0 Å². The zero-order valence-corrected chi connectivity index (χ0v) is 16.0. The van der Waals surface area contributed by atoms with Gasteiger partial charge in [-0.05, 0) is 41.3 Å². The standard InChI is InChI=1S/C21H24F2N2O2/c1-14(26)25(17-8-6-16(7-9-17)21(2,3)4)12-11-24-20(27)15-5-10-18(22)19(23)13-15/h5-10,13H,11-12H2,1-4H3,(H,24,27). The molecule has 0 saturated carbocycles. The zero-order valence-electron chi connectivity index (χ0n) is 16.0. The van der Waals surface area contributed by atoms with Crippen LogP contribution in [0.1, 0.15) is 43.6 Å². The fourth-order valence-electron chi connectivity index (χ4n) is 2.63. The molecule has 0 atom stereocenters. The minimum atomic E-state index is -1.08. The number of nitrogens with zero attached hydrogens (tertiary/aromatic N) is 1. The summed E-state index contributed by atoms with van der Waals surface area (Å²) in [5.41, 5.74) is 1.93. The molecule has 2 amide bonds. The van der Waals surface area contributed by atoms with Crippen molar-refractivity contribution in [2.24, 2.45) is 0 Å². The highest BCUT2D eigenvalue weighted by atomic mass is 19.2. The molecule has 0 aliphatic rings. The second-order valence-corrected chi connectivity index (χ2v) is 7.35. The lowest BCUT2D eigenvalue weighted by Crippen LogP contribution is -2.37. The Bertz CT molecular complexity index is 827. The molecule has 0 fully saturated rings. The van der Waals surface area contributed by atoms with Crippen molar-refractivity contribution in [3.8, 4) is 0 Å². The van der Waals surface area contributed by atoms with Gasteiger partial charge in [-0.1, -0.05) is 32.9 Å². The van der Waals surface area contributed by atoms with Crippen molar-refractivity contribution in [2.45, 2.75) is 33.1 Å². The monoisotopic (exact) mass is 374 g/mol. The number of rotatable bonds is 5. The fourth-order valence-corrected chi connectivity index (χ4v) is 2.63. The quantitative estimate of drug-likeness (QED) is 0.859. The first-order chi connectivity index (χ1) is 12.6. The highest BCUT2D eigenvalue weighted by Crippen LogP contribution is 2.25. The number of nitrogens with one attached hydrogen (secondary N) is 1. The number of benzene rings is 2. The van der Waals surface area contributed by atoms with Crippen molar-refractivity contribution < 1.29 is 18.4 Å². The second-order valence-electron chi connectivity index (χ2n) is 7.35. The Hall–Kier alpha value is -2.76. The summed E-state index contributed by atoms with van der Waals surface area (Å²) in [7, 11) is 0. The van der Waals surface area contributed by atoms with Crippen molar-refractivity contribution in [3.05, 3.63) is 65.2 Å². The summed E-state index contributed by atoms with van der Waals surface area (Å²) in [4.78, 5) is 25.6. The molecule has 0 bridgehead atoms. The minimum Gasteiger partial charge on any atom is -0.350 e. The number of anilines is 1. The molecule has 27 heavy (non-hydrogen) atoms. The molecule has 2 rings (SSSR count). The topological polar surface area (TPSA) is 49.4 Å². The molecule has 0 spiro atoms. The van der Waals surface area contributed by atoms with Crippen molar-refractivity contribution >= 4 is 17.5 Å². The third-order valence-corrected chi connectivity index (χ3v) is 4.23. The molecule has 0 aliphatic carbocycles. The fraction of sp³-hybridized carbons (Fsp3) is 0.333. The summed E-state index contributed by atoms with van der Waals surface area (Å²) >= 11 is 0. The van der Waals surface area contributed by atoms with E-state index in [-0.39, 0.29) is 30.0 Å². The Balaban J connectivity index is 2.01. The van der Waals surface area contributed by atoms with Gasteiger partial charge in [-0.15, -0.1) is 0 Å². The van der Waals surface area contributed by atoms with E-state index in [2.05, 4.69) is 26.1 Å². The molecule has 1 N–H and O–H groups in total. The van der Waals surface area contributed by atoms with Gasteiger partial charge in [0.15, 0.2) is 11.6 Å². The third-order valence-electron chi connectivity index (χ3n) is 4.23. The van der Waals surface area contributed by atoms with E-state index in [1.807, 2.05) is 24.3 Å². The largest absolute Gasteiger partial charge is 0.350 e. The predicted octanol–water partition coefficient (Wildman–Crippen LogP) is 4.05. The van der Waals surface area contributed by atoms with Gasteiger partial charge in [-0.3, -0.25) is 9.59 Å². The maximum absolute atomic E-state index is 13.2. The molecule has 0 heterocycles. The van der Waals surface area contributed by atoms with Crippen LogP contribution in [0.25, 0.3) is 0 Å². The molecule has 4 nitrogen and oxygen atoms in total. The maximum Gasteiger partial charge on any atom is 0.251 e. The number of hydrogen-bond donors (Lipinski definition) is 1. The molecule has 2 aromatic carbocycles. The Labute approximate surface area is 158 Å². The van der Waals surface area contributed by atoms with Gasteiger partial charge in [0.05, 0.1) is 0 Å². The number of hydrogen-bond acceptors (Lipinski definition) is 2. The van der Waals surface area contributed by atoms with Gasteiger partial charge in [0.2, 0.25) is 5.91 Å². The van der Waals surface area contributed by atoms with Crippen LogP contribution in [0.15, 0.2) is 42.5 Å². The van der Waals surface area contributed by atoms with Crippen LogP contribution in [0.5, 0.6) is 0 Å². The minimum absolute atomic E-state index is 0.0119. The average Bonchev–Trinajstić information content (AvgIpc) is 2.60. The average molecular weight is 374 g/mol. The van der Waals surface area contributed by atoms with Gasteiger partial charge in [0, 0.05) is 31.3 Å². The van der Waals surface area contributed by atoms with Gasteiger partial charge < -0.3 is 10.2 Å². The molecule has 0 saturated heterocycles. The zero-order chi connectivity index (χ0) is 20.2. The molecule has 0 aliphatic heterocycles. The van der Waals surface area contributed by atoms with E-state index in [1.165, 1.54) is 13.0 Å². The molecule has 2 aromatic rings. The van der Waals surface area contributed by atoms with Gasteiger partial charge >= 0.3 is 0 Å². The molecule has 0 aromatic heterocycles. The molecular formula is C21H24F2N2O2. The van der Waals surface area contributed by atoms with Crippen LogP contribution in [-0.4, -0.2) is 24.9 Å². The van der Waals surface area contributed by atoms with Crippen LogP contribution in [0, 0.1) is 11.6 Å². The summed E-state index contributed by atoms with van der Waals surface area (Å²) in [6.45, 7) is 8.22. The second kappa shape index (κ2) is 8.29. The first-order valence-corrected chi connectivity index (χ1v) is 8.71. The Morgan fingerprint density at radius 3 is 2.15 bits per heavy atom. The van der Waals surface area contributed by atoms with Crippen molar-refractivity contribution in [2.75, 3.05) is 18.0 Å². The Morgan fingerprint density at radius 1 is 1.00 bits per heavy atom. The highest BCUT2D eigenvalue weighted by Gasteiger charge is 2.16. The summed E-state index contributed by atoms with van der Waals surface area (Å²) < 4.78 is 26.2. The van der Waals surface area contributed by atoms with Crippen molar-refractivity contribution in [1.82, 2.24) is 5.32 Å². The van der Waals surface area contributed by atoms with E-state index in [0.29, 0.717) is 0 Å². The summed E-state index contributed by atoms with van der Waals surface area (Å²) in [5.74, 6) is -2.76. The molecule has 0 radical (unpaired) electrons. The van der Waals surface area contributed by atoms with Gasteiger partial charge in [-0.25, -0.2) is 8.78 Å². The summed E-state index contributed by atoms with van der Waals surface area (Å²) in [5, 5.41) is 2.61. The summed E-state index contributed by atoms with van der Waals surface area (Å²) in [6, 6.07) is 10.7. The van der Waals surface area contributed by atoms with Crippen molar-refractivity contribution in [1.29, 1.82) is 0 Å². The lowest BCUT2D eigenvalue weighted by Gasteiger charge is -2.24. The molecule has 6 heteroatoms. The number of halogens is 2. The molecule has 144 valence electrons. The number of amides is 2. The van der Waals surface area contributed by atoms with Crippen LogP contribution >= 0.6 is 0 Å². The van der Waals surface area contributed by atoms with Gasteiger partial charge in [0.1, 0.15) is 0 Å². The smallest absolute Gasteiger partial charge is 0.251 e. The van der Waals surface area contributed by atoms with Crippen LogP contribution in [0.3, 0.4) is 0 Å². The number of carbonyl (C=O) groups excluding carboxylic acids is 2. The predicted molar refractivity (Wildman–Crippen MR) is 102 cm³/mol. The Morgan fingerprint density at radius 2 is 1.63 bits per heavy atom. The van der Waals surface area contributed by atoms with E-state index >= 15 is 0 Å². The SMILES string of the molecule is CC(=O)N(CCNC(=O)c1ccc(F)c(F)c1)c1ccc(C(C)(C)C)cc1. The first-order valence-electron chi connectivity index (χ1n) is 8.71. The van der Waals surface area contributed by atoms with E-state index < -0.39 is 17.5 Å². The Kier molecular flexibility index (Phi) is 6.31. The highest BCUT2D eigenvalue weighted by molar-refractivity contribution is 5.94. The summed E-state index contributed by atoms with van der Waals surface area (Å²) in [6.07, 6.45) is 0. The number of carbonyl (C=O) groups is 2. The van der Waals surface area contributed by atoms with Gasteiger partial charge in [0.25, 0.3) is 5.91 Å². The van der Waals surface area contributed by atoms with Crippen LogP contribution < -0.4 is 10.2 Å². The normalized spacial score (nSPS) is 11.2. The van der Waals surface area contributed by atoms with Gasteiger partial charge in [-0.2, -0.15) is 0 Å². The van der Waals surface area contributed by atoms with Crippen molar-refractivity contribution in [3.63, 3.8) is 0 Å². The van der Waals surface area contributed by atoms with Crippen LogP contribution in [-0.2, 0) is 10.2 Å². The molecule has 0 unspecified atom stereocenters. The van der Waals surface area contributed by atoms with E-state index in [1.54, 1.807) is 4.90 Å². The van der Waals surface area contributed by atoms with E-state index in [9.17, 15) is 18.4 Å². The lowest BCUT2D eigenvalue weighted by atomic mass is 9.87. The maximum atomic E-state index is 13.2. The molecular weight excluding hydrogens is 350 g/mol. The van der Waals surface area contributed by atoms with E-state index in [0.717, 1.165) is 23.4 Å². The lowest BCUT2D eigenvalue weighted by molar-refractivity contribution is -0.116.